The fourth-order valence-corrected chi connectivity index (χ4v) is 4.75. The van der Waals surface area contributed by atoms with Crippen LogP contribution >= 0.6 is 11.3 Å². The van der Waals surface area contributed by atoms with E-state index in [9.17, 15) is 4.79 Å². The molecule has 0 radical (unpaired) electrons. The molecule has 25 heavy (non-hydrogen) atoms. The first-order valence-electron chi connectivity index (χ1n) is 8.73. The topological polar surface area (TPSA) is 62.2 Å². The molecule has 4 heterocycles. The smallest absolute Gasteiger partial charge is 0.227 e. The Kier molecular flexibility index (Phi) is 4.19. The molecular weight excluding hydrogens is 334 g/mol. The van der Waals surface area contributed by atoms with E-state index in [1.807, 2.05) is 24.9 Å². The predicted octanol–water partition coefficient (Wildman–Crippen LogP) is 2.00. The first-order valence-corrected chi connectivity index (χ1v) is 9.55. The highest BCUT2D eigenvalue weighted by Crippen LogP contribution is 2.34. The van der Waals surface area contributed by atoms with E-state index in [1.165, 1.54) is 0 Å². The van der Waals surface area contributed by atoms with Crippen LogP contribution in [0.5, 0.6) is 0 Å². The number of aromatic nitrogens is 3. The van der Waals surface area contributed by atoms with Gasteiger partial charge in [-0.05, 0) is 20.8 Å². The highest BCUT2D eigenvalue weighted by molar-refractivity contribution is 7.11. The number of carbonyl (C=O) groups is 1. The van der Waals surface area contributed by atoms with Crippen molar-refractivity contribution < 1.29 is 4.79 Å². The minimum Gasteiger partial charge on any atom is -0.356 e. The summed E-state index contributed by atoms with van der Waals surface area (Å²) >= 11 is 1.62. The Bertz CT molecular complexity index is 791. The minimum atomic E-state index is 0.235. The number of rotatable bonds is 3. The lowest BCUT2D eigenvalue weighted by atomic mass is 10.0. The Balaban J connectivity index is 1.39. The number of hydrogen-bond donors (Lipinski definition) is 0. The number of thiazole rings is 1. The molecule has 7 heteroatoms. The maximum atomic E-state index is 12.6. The van der Waals surface area contributed by atoms with Crippen LogP contribution in [0.25, 0.3) is 0 Å². The van der Waals surface area contributed by atoms with Gasteiger partial charge in [0.25, 0.3) is 0 Å². The Labute approximate surface area is 151 Å². The van der Waals surface area contributed by atoms with E-state index >= 15 is 0 Å². The number of amides is 1. The van der Waals surface area contributed by atoms with E-state index in [4.69, 9.17) is 0 Å². The quantitative estimate of drug-likeness (QED) is 0.841. The second-order valence-electron chi connectivity index (χ2n) is 7.15. The fraction of sp³-hybridized carbons (Fsp3) is 0.556. The van der Waals surface area contributed by atoms with Gasteiger partial charge in [0.05, 0.1) is 11.4 Å². The standard InChI is InChI=1S/C18H23N5OS/c1-11-12(2)20-10-21-18(11)23-8-14-6-22(7-15(14)9-23)17(24)4-16-5-19-13(3)25-16/h5,10,14-15H,4,6-9H2,1-3H3. The zero-order chi connectivity index (χ0) is 17.6. The van der Waals surface area contributed by atoms with Crippen LogP contribution in [0.2, 0.25) is 0 Å². The highest BCUT2D eigenvalue weighted by atomic mass is 32.1. The maximum absolute atomic E-state index is 12.6. The number of anilines is 1. The van der Waals surface area contributed by atoms with Crippen molar-refractivity contribution in [3.05, 3.63) is 33.7 Å². The van der Waals surface area contributed by atoms with Gasteiger partial charge < -0.3 is 9.80 Å². The summed E-state index contributed by atoms with van der Waals surface area (Å²) in [5.74, 6) is 2.38. The molecule has 0 aromatic carbocycles. The second-order valence-corrected chi connectivity index (χ2v) is 8.47. The van der Waals surface area contributed by atoms with Crippen molar-refractivity contribution in [3.63, 3.8) is 0 Å². The maximum Gasteiger partial charge on any atom is 0.227 e. The molecule has 2 fully saturated rings. The Morgan fingerprint density at radius 2 is 1.84 bits per heavy atom. The van der Waals surface area contributed by atoms with Crippen LogP contribution in [0, 0.1) is 32.6 Å². The summed E-state index contributed by atoms with van der Waals surface area (Å²) in [6.45, 7) is 9.77. The van der Waals surface area contributed by atoms with E-state index in [2.05, 4.69) is 26.8 Å². The summed E-state index contributed by atoms with van der Waals surface area (Å²) in [6, 6.07) is 0. The van der Waals surface area contributed by atoms with Gasteiger partial charge in [-0.3, -0.25) is 4.79 Å². The van der Waals surface area contributed by atoms with Crippen molar-refractivity contribution in [2.24, 2.45) is 11.8 Å². The van der Waals surface area contributed by atoms with Gasteiger partial charge in [-0.2, -0.15) is 0 Å². The molecule has 2 aliphatic rings. The highest BCUT2D eigenvalue weighted by Gasteiger charge is 2.42. The normalized spacial score (nSPS) is 22.5. The van der Waals surface area contributed by atoms with Crippen molar-refractivity contribution in [1.82, 2.24) is 19.9 Å². The Hall–Kier alpha value is -2.02. The van der Waals surface area contributed by atoms with E-state index in [0.717, 1.165) is 53.1 Å². The monoisotopic (exact) mass is 357 g/mol. The van der Waals surface area contributed by atoms with Gasteiger partial charge in [0.15, 0.2) is 0 Å². The Morgan fingerprint density at radius 3 is 2.48 bits per heavy atom. The third-order valence-corrected chi connectivity index (χ3v) is 6.36. The average molecular weight is 357 g/mol. The molecule has 2 aliphatic heterocycles. The zero-order valence-corrected chi connectivity index (χ0v) is 15.7. The lowest BCUT2D eigenvalue weighted by molar-refractivity contribution is -0.129. The minimum absolute atomic E-state index is 0.235. The summed E-state index contributed by atoms with van der Waals surface area (Å²) < 4.78 is 0. The summed E-state index contributed by atoms with van der Waals surface area (Å²) in [6.07, 6.45) is 3.97. The van der Waals surface area contributed by atoms with Crippen molar-refractivity contribution >= 4 is 23.1 Å². The molecule has 2 aromatic rings. The van der Waals surface area contributed by atoms with Gasteiger partial charge in [0.2, 0.25) is 5.91 Å². The molecule has 0 aliphatic carbocycles. The molecular formula is C18H23N5OS. The number of aryl methyl sites for hydroxylation is 2. The molecule has 0 saturated carbocycles. The number of carbonyl (C=O) groups excluding carboxylic acids is 1. The SMILES string of the molecule is Cc1ncc(CC(=O)N2CC3CN(c4ncnc(C)c4C)CC3C2)s1. The molecule has 0 bridgehead atoms. The summed E-state index contributed by atoms with van der Waals surface area (Å²) in [5, 5.41) is 1.02. The molecule has 2 aromatic heterocycles. The summed E-state index contributed by atoms with van der Waals surface area (Å²) in [4.78, 5) is 31.0. The van der Waals surface area contributed by atoms with E-state index < -0.39 is 0 Å². The number of likely N-dealkylation sites (tertiary alicyclic amines) is 1. The zero-order valence-electron chi connectivity index (χ0n) is 14.9. The molecule has 132 valence electrons. The van der Waals surface area contributed by atoms with Crippen molar-refractivity contribution in [3.8, 4) is 0 Å². The molecule has 0 spiro atoms. The van der Waals surface area contributed by atoms with Gasteiger partial charge in [0, 0.05) is 60.3 Å². The van der Waals surface area contributed by atoms with Gasteiger partial charge >= 0.3 is 0 Å². The first-order chi connectivity index (χ1) is 12.0. The first kappa shape index (κ1) is 16.4. The van der Waals surface area contributed by atoms with Gasteiger partial charge in [-0.25, -0.2) is 15.0 Å². The average Bonchev–Trinajstić information content (AvgIpc) is 3.24. The van der Waals surface area contributed by atoms with Crippen LogP contribution in [0.4, 0.5) is 5.82 Å². The molecule has 6 nitrogen and oxygen atoms in total. The summed E-state index contributed by atoms with van der Waals surface area (Å²) in [7, 11) is 0. The Morgan fingerprint density at radius 1 is 1.12 bits per heavy atom. The fourth-order valence-electron chi connectivity index (χ4n) is 3.96. The molecule has 2 saturated heterocycles. The van der Waals surface area contributed by atoms with E-state index in [1.54, 1.807) is 17.7 Å². The van der Waals surface area contributed by atoms with Gasteiger partial charge in [-0.15, -0.1) is 11.3 Å². The van der Waals surface area contributed by atoms with Crippen LogP contribution in [-0.2, 0) is 11.2 Å². The van der Waals surface area contributed by atoms with Crippen LogP contribution < -0.4 is 4.90 Å². The van der Waals surface area contributed by atoms with Gasteiger partial charge in [0.1, 0.15) is 12.1 Å². The third-order valence-electron chi connectivity index (χ3n) is 5.44. The molecule has 4 rings (SSSR count). The predicted molar refractivity (Wildman–Crippen MR) is 97.8 cm³/mol. The lowest BCUT2D eigenvalue weighted by Gasteiger charge is -2.23. The van der Waals surface area contributed by atoms with Gasteiger partial charge in [-0.1, -0.05) is 0 Å². The third kappa shape index (κ3) is 3.13. The van der Waals surface area contributed by atoms with E-state index in [0.29, 0.717) is 18.3 Å². The summed E-state index contributed by atoms with van der Waals surface area (Å²) in [5.41, 5.74) is 2.20. The molecule has 1 amide bonds. The van der Waals surface area contributed by atoms with Crippen LogP contribution in [0.1, 0.15) is 21.1 Å². The van der Waals surface area contributed by atoms with Crippen molar-refractivity contribution in [2.75, 3.05) is 31.1 Å². The van der Waals surface area contributed by atoms with E-state index in [-0.39, 0.29) is 5.91 Å². The van der Waals surface area contributed by atoms with Crippen LogP contribution in [0.3, 0.4) is 0 Å². The van der Waals surface area contributed by atoms with Crippen molar-refractivity contribution in [2.45, 2.75) is 27.2 Å². The molecule has 0 N–H and O–H groups in total. The largest absolute Gasteiger partial charge is 0.356 e. The van der Waals surface area contributed by atoms with Crippen molar-refractivity contribution in [1.29, 1.82) is 0 Å². The van der Waals surface area contributed by atoms with Crippen LogP contribution in [-0.4, -0.2) is 51.9 Å². The molecule has 2 atom stereocenters. The molecule has 2 unspecified atom stereocenters. The number of fused-ring (bicyclic) bond motifs is 1. The van der Waals surface area contributed by atoms with Crippen LogP contribution in [0.15, 0.2) is 12.5 Å². The number of nitrogens with zero attached hydrogens (tertiary/aromatic N) is 5. The number of hydrogen-bond acceptors (Lipinski definition) is 6. The second kappa shape index (κ2) is 6.37. The lowest BCUT2D eigenvalue weighted by Crippen LogP contribution is -2.34.